The molecular formula is C20H19FN2O2. The number of benzene rings is 2. The minimum Gasteiger partial charge on any atom is -0.494 e. The molecule has 5 heteroatoms. The van der Waals surface area contributed by atoms with Gasteiger partial charge in [0.1, 0.15) is 0 Å². The summed E-state index contributed by atoms with van der Waals surface area (Å²) in [6.45, 7) is 4.09. The van der Waals surface area contributed by atoms with Crippen LogP contribution in [0.2, 0.25) is 0 Å². The molecule has 0 saturated heterocycles. The number of aromatic nitrogens is 1. The lowest BCUT2D eigenvalue weighted by atomic mass is 10.2. The van der Waals surface area contributed by atoms with Gasteiger partial charge in [-0.3, -0.25) is 4.79 Å². The maximum Gasteiger partial charge on any atom is 0.255 e. The van der Waals surface area contributed by atoms with Crippen LogP contribution in [-0.4, -0.2) is 17.6 Å². The Morgan fingerprint density at radius 1 is 1.00 bits per heavy atom. The Labute approximate surface area is 145 Å². The molecule has 0 aliphatic rings. The fourth-order valence-corrected chi connectivity index (χ4v) is 2.78. The number of hydrogen-bond acceptors (Lipinski definition) is 2. The molecule has 128 valence electrons. The van der Waals surface area contributed by atoms with E-state index in [9.17, 15) is 9.18 Å². The first-order valence-electron chi connectivity index (χ1n) is 7.90. The molecule has 1 N–H and O–H groups in total. The summed E-state index contributed by atoms with van der Waals surface area (Å²) in [5, 5.41) is 2.77. The van der Waals surface area contributed by atoms with E-state index >= 15 is 0 Å². The van der Waals surface area contributed by atoms with Crippen molar-refractivity contribution in [3.63, 3.8) is 0 Å². The van der Waals surface area contributed by atoms with Gasteiger partial charge in [0.15, 0.2) is 11.6 Å². The number of rotatable bonds is 4. The Morgan fingerprint density at radius 2 is 1.64 bits per heavy atom. The summed E-state index contributed by atoms with van der Waals surface area (Å²) < 4.78 is 20.7. The third kappa shape index (κ3) is 3.40. The fraction of sp³-hybridized carbons (Fsp3) is 0.150. The molecule has 0 atom stereocenters. The number of hydrogen-bond donors (Lipinski definition) is 1. The molecule has 0 spiro atoms. The topological polar surface area (TPSA) is 43.3 Å². The van der Waals surface area contributed by atoms with Crippen molar-refractivity contribution in [2.45, 2.75) is 13.8 Å². The highest BCUT2D eigenvalue weighted by Gasteiger charge is 2.11. The lowest BCUT2D eigenvalue weighted by Crippen LogP contribution is -2.12. The van der Waals surface area contributed by atoms with Gasteiger partial charge in [-0.15, -0.1) is 0 Å². The normalized spacial score (nSPS) is 10.6. The number of amides is 1. The van der Waals surface area contributed by atoms with Crippen LogP contribution in [0.4, 0.5) is 10.1 Å². The maximum atomic E-state index is 13.7. The number of ether oxygens (including phenoxy) is 1. The zero-order valence-electron chi connectivity index (χ0n) is 14.3. The minimum atomic E-state index is -0.566. The molecule has 25 heavy (non-hydrogen) atoms. The summed E-state index contributed by atoms with van der Waals surface area (Å²) in [5.74, 6) is -0.829. The highest BCUT2D eigenvalue weighted by molar-refractivity contribution is 6.04. The number of aryl methyl sites for hydroxylation is 2. The SMILES string of the molecule is COc1ccc(C(=O)Nc2ccc(-n3c(C)ccc3C)cc2)cc1F. The van der Waals surface area contributed by atoms with E-state index in [-0.39, 0.29) is 17.2 Å². The van der Waals surface area contributed by atoms with E-state index in [4.69, 9.17) is 4.74 Å². The number of carbonyl (C=O) groups is 1. The van der Waals surface area contributed by atoms with E-state index in [1.165, 1.54) is 19.2 Å². The first kappa shape index (κ1) is 16.8. The van der Waals surface area contributed by atoms with Crippen LogP contribution < -0.4 is 10.1 Å². The Kier molecular flexibility index (Phi) is 4.57. The first-order valence-corrected chi connectivity index (χ1v) is 7.90. The van der Waals surface area contributed by atoms with Gasteiger partial charge in [-0.1, -0.05) is 0 Å². The molecule has 0 bridgehead atoms. The van der Waals surface area contributed by atoms with Crippen molar-refractivity contribution >= 4 is 11.6 Å². The molecule has 1 aromatic heterocycles. The minimum absolute atomic E-state index is 0.110. The molecule has 0 fully saturated rings. The fourth-order valence-electron chi connectivity index (χ4n) is 2.78. The van der Waals surface area contributed by atoms with E-state index in [0.29, 0.717) is 5.69 Å². The smallest absolute Gasteiger partial charge is 0.255 e. The molecule has 0 saturated carbocycles. The van der Waals surface area contributed by atoms with E-state index in [2.05, 4.69) is 22.0 Å². The second-order valence-corrected chi connectivity index (χ2v) is 5.80. The van der Waals surface area contributed by atoms with Crippen LogP contribution in [0.15, 0.2) is 54.6 Å². The summed E-state index contributed by atoms with van der Waals surface area (Å²) in [4.78, 5) is 12.3. The zero-order valence-corrected chi connectivity index (χ0v) is 14.3. The quantitative estimate of drug-likeness (QED) is 0.761. The van der Waals surface area contributed by atoms with Crippen molar-refractivity contribution in [2.75, 3.05) is 12.4 Å². The van der Waals surface area contributed by atoms with Crippen molar-refractivity contribution < 1.29 is 13.9 Å². The monoisotopic (exact) mass is 338 g/mol. The number of nitrogens with zero attached hydrogens (tertiary/aromatic N) is 1. The van der Waals surface area contributed by atoms with Crippen LogP contribution in [0, 0.1) is 19.7 Å². The van der Waals surface area contributed by atoms with Gasteiger partial charge in [-0.2, -0.15) is 0 Å². The standard InChI is InChI=1S/C20H19FN2O2/c1-13-4-5-14(2)23(13)17-9-7-16(8-10-17)22-20(24)15-6-11-19(25-3)18(21)12-15/h4-12H,1-3H3,(H,22,24). The molecule has 3 rings (SSSR count). The van der Waals surface area contributed by atoms with E-state index in [0.717, 1.165) is 23.1 Å². The lowest BCUT2D eigenvalue weighted by molar-refractivity contribution is 0.102. The maximum absolute atomic E-state index is 13.7. The third-order valence-corrected chi connectivity index (χ3v) is 4.07. The molecule has 3 aromatic rings. The Bertz CT molecular complexity index is 894. The Morgan fingerprint density at radius 3 is 2.20 bits per heavy atom. The second kappa shape index (κ2) is 6.81. The van der Waals surface area contributed by atoms with Crippen molar-refractivity contribution in [3.8, 4) is 11.4 Å². The van der Waals surface area contributed by atoms with Gasteiger partial charge in [0.2, 0.25) is 0 Å². The number of methoxy groups -OCH3 is 1. The molecule has 0 radical (unpaired) electrons. The van der Waals surface area contributed by atoms with Gasteiger partial charge in [0.25, 0.3) is 5.91 Å². The van der Waals surface area contributed by atoms with E-state index in [1.54, 1.807) is 0 Å². The summed E-state index contributed by atoms with van der Waals surface area (Å²) in [7, 11) is 1.38. The Balaban J connectivity index is 1.77. The molecule has 1 amide bonds. The van der Waals surface area contributed by atoms with Crippen molar-refractivity contribution in [1.29, 1.82) is 0 Å². The predicted octanol–water partition coefficient (Wildman–Crippen LogP) is 4.49. The van der Waals surface area contributed by atoms with E-state index < -0.39 is 5.82 Å². The van der Waals surface area contributed by atoms with Gasteiger partial charge in [-0.05, 0) is 68.4 Å². The third-order valence-electron chi connectivity index (χ3n) is 4.07. The molecule has 0 aliphatic carbocycles. The predicted molar refractivity (Wildman–Crippen MR) is 96.1 cm³/mol. The largest absolute Gasteiger partial charge is 0.494 e. The molecule has 4 nitrogen and oxygen atoms in total. The highest BCUT2D eigenvalue weighted by atomic mass is 19.1. The molecule has 0 aliphatic heterocycles. The molecule has 2 aromatic carbocycles. The molecule has 1 heterocycles. The Hall–Kier alpha value is -3.08. The first-order chi connectivity index (χ1) is 12.0. The second-order valence-electron chi connectivity index (χ2n) is 5.80. The number of anilines is 1. The summed E-state index contributed by atoms with van der Waals surface area (Å²) in [6, 6.07) is 15.8. The van der Waals surface area contributed by atoms with Crippen LogP contribution in [0.1, 0.15) is 21.7 Å². The number of nitrogens with one attached hydrogen (secondary N) is 1. The van der Waals surface area contributed by atoms with Gasteiger partial charge in [0, 0.05) is 28.3 Å². The van der Waals surface area contributed by atoms with Crippen LogP contribution in [0.3, 0.4) is 0 Å². The van der Waals surface area contributed by atoms with Crippen LogP contribution in [0.25, 0.3) is 5.69 Å². The summed E-state index contributed by atoms with van der Waals surface area (Å²) >= 11 is 0. The summed E-state index contributed by atoms with van der Waals surface area (Å²) in [6.07, 6.45) is 0. The van der Waals surface area contributed by atoms with Gasteiger partial charge >= 0.3 is 0 Å². The van der Waals surface area contributed by atoms with Gasteiger partial charge in [0.05, 0.1) is 7.11 Å². The van der Waals surface area contributed by atoms with Crippen LogP contribution >= 0.6 is 0 Å². The van der Waals surface area contributed by atoms with Gasteiger partial charge in [-0.25, -0.2) is 4.39 Å². The van der Waals surface area contributed by atoms with Crippen molar-refractivity contribution in [3.05, 3.63) is 77.4 Å². The average Bonchev–Trinajstić information content (AvgIpc) is 2.94. The summed E-state index contributed by atoms with van der Waals surface area (Å²) in [5.41, 5.74) is 4.19. The number of halogens is 1. The zero-order chi connectivity index (χ0) is 18.0. The van der Waals surface area contributed by atoms with E-state index in [1.807, 2.05) is 38.1 Å². The van der Waals surface area contributed by atoms with Gasteiger partial charge < -0.3 is 14.6 Å². The number of carbonyl (C=O) groups excluding carboxylic acids is 1. The molecule has 0 unspecified atom stereocenters. The van der Waals surface area contributed by atoms with Crippen LogP contribution in [-0.2, 0) is 0 Å². The van der Waals surface area contributed by atoms with Crippen molar-refractivity contribution in [1.82, 2.24) is 4.57 Å². The average molecular weight is 338 g/mol. The highest BCUT2D eigenvalue weighted by Crippen LogP contribution is 2.21. The van der Waals surface area contributed by atoms with Crippen LogP contribution in [0.5, 0.6) is 5.75 Å². The molecular weight excluding hydrogens is 319 g/mol. The lowest BCUT2D eigenvalue weighted by Gasteiger charge is -2.11. The van der Waals surface area contributed by atoms with Crippen molar-refractivity contribution in [2.24, 2.45) is 0 Å².